The normalized spacial score (nSPS) is 23.9. The van der Waals surface area contributed by atoms with E-state index in [0.29, 0.717) is 11.5 Å². The Morgan fingerprint density at radius 2 is 1.90 bits per heavy atom. The van der Waals surface area contributed by atoms with Crippen molar-refractivity contribution in [1.82, 2.24) is 5.32 Å². The molecule has 2 heteroatoms. The molecule has 1 aromatic rings. The van der Waals surface area contributed by atoms with Crippen molar-refractivity contribution in [3.05, 3.63) is 33.8 Å². The summed E-state index contributed by atoms with van der Waals surface area (Å²) in [4.78, 5) is 0. The van der Waals surface area contributed by atoms with Gasteiger partial charge in [-0.2, -0.15) is 0 Å². The smallest absolute Gasteiger partial charge is 0.0222 e. The summed E-state index contributed by atoms with van der Waals surface area (Å²) in [6.45, 7) is 10.3. The van der Waals surface area contributed by atoms with Crippen LogP contribution in [0.2, 0.25) is 0 Å². The van der Waals surface area contributed by atoms with E-state index in [-0.39, 0.29) is 0 Å². The van der Waals surface area contributed by atoms with Gasteiger partial charge in [-0.1, -0.05) is 61.7 Å². The van der Waals surface area contributed by atoms with Crippen molar-refractivity contribution in [2.75, 3.05) is 0 Å². The first-order valence-electron chi connectivity index (χ1n) is 7.86. The lowest BCUT2D eigenvalue weighted by Crippen LogP contribution is -2.43. The van der Waals surface area contributed by atoms with E-state index in [1.807, 2.05) is 0 Å². The lowest BCUT2D eigenvalue weighted by Gasteiger charge is -2.41. The van der Waals surface area contributed by atoms with Crippen molar-refractivity contribution in [1.29, 1.82) is 0 Å². The third kappa shape index (κ3) is 4.08. The fourth-order valence-electron chi connectivity index (χ4n) is 3.45. The zero-order valence-corrected chi connectivity index (χ0v) is 14.9. The summed E-state index contributed by atoms with van der Waals surface area (Å²) < 4.78 is 1.23. The van der Waals surface area contributed by atoms with Gasteiger partial charge in [0.25, 0.3) is 0 Å². The second-order valence-electron chi connectivity index (χ2n) is 7.34. The Morgan fingerprint density at radius 1 is 1.20 bits per heavy atom. The number of nitrogens with one attached hydrogen (secondary N) is 1. The van der Waals surface area contributed by atoms with Crippen LogP contribution in [0.3, 0.4) is 0 Å². The van der Waals surface area contributed by atoms with E-state index in [9.17, 15) is 0 Å². The topological polar surface area (TPSA) is 12.0 Å². The van der Waals surface area contributed by atoms with E-state index in [1.165, 1.54) is 41.3 Å². The van der Waals surface area contributed by atoms with Crippen LogP contribution in [0.25, 0.3) is 0 Å². The Labute approximate surface area is 132 Å². The van der Waals surface area contributed by atoms with Crippen LogP contribution in [0.4, 0.5) is 0 Å². The predicted octanol–water partition coefficient (Wildman–Crippen LogP) is 5.45. The summed E-state index contributed by atoms with van der Waals surface area (Å²) >= 11 is 3.69. The second kappa shape index (κ2) is 6.62. The first-order chi connectivity index (χ1) is 9.38. The number of benzene rings is 1. The Morgan fingerprint density at radius 3 is 2.55 bits per heavy atom. The Kier molecular flexibility index (Phi) is 5.30. The molecule has 0 aliphatic heterocycles. The van der Waals surface area contributed by atoms with Crippen LogP contribution < -0.4 is 5.32 Å². The van der Waals surface area contributed by atoms with Gasteiger partial charge in [0.1, 0.15) is 0 Å². The molecule has 0 radical (unpaired) electrons. The molecule has 0 amide bonds. The maximum absolute atomic E-state index is 3.82. The van der Waals surface area contributed by atoms with Crippen molar-refractivity contribution in [2.24, 2.45) is 11.3 Å². The predicted molar refractivity (Wildman–Crippen MR) is 90.9 cm³/mol. The van der Waals surface area contributed by atoms with Crippen LogP contribution in [-0.4, -0.2) is 6.04 Å². The van der Waals surface area contributed by atoms with Crippen molar-refractivity contribution >= 4 is 15.9 Å². The number of hydrogen-bond acceptors (Lipinski definition) is 1. The highest BCUT2D eigenvalue weighted by molar-refractivity contribution is 9.10. The zero-order valence-electron chi connectivity index (χ0n) is 13.3. The maximum atomic E-state index is 3.82. The van der Waals surface area contributed by atoms with E-state index in [2.05, 4.69) is 67.1 Å². The average Bonchev–Trinajstić information content (AvgIpc) is 2.37. The van der Waals surface area contributed by atoms with Crippen LogP contribution in [0.1, 0.15) is 57.6 Å². The molecule has 1 fully saturated rings. The van der Waals surface area contributed by atoms with Gasteiger partial charge in [-0.15, -0.1) is 0 Å². The van der Waals surface area contributed by atoms with Crippen molar-refractivity contribution in [3.63, 3.8) is 0 Å². The van der Waals surface area contributed by atoms with Gasteiger partial charge in [0, 0.05) is 17.1 Å². The number of rotatable bonds is 3. The molecule has 2 atom stereocenters. The van der Waals surface area contributed by atoms with Crippen LogP contribution in [0, 0.1) is 18.3 Å². The summed E-state index contributed by atoms with van der Waals surface area (Å²) in [7, 11) is 0. The fourth-order valence-corrected chi connectivity index (χ4v) is 4.08. The lowest BCUT2D eigenvalue weighted by atomic mass is 9.69. The SMILES string of the molecule is Cc1ccc(CNC2CCCCC2C(C)(C)C)c(Br)c1. The molecule has 2 unspecified atom stereocenters. The van der Waals surface area contributed by atoms with Crippen LogP contribution in [0.15, 0.2) is 22.7 Å². The quantitative estimate of drug-likeness (QED) is 0.772. The zero-order chi connectivity index (χ0) is 14.8. The molecule has 0 bridgehead atoms. The standard InChI is InChI=1S/C18H28BrN/c1-13-9-10-14(16(19)11-13)12-20-17-8-6-5-7-15(17)18(2,3)4/h9-11,15,17,20H,5-8,12H2,1-4H3. The highest BCUT2D eigenvalue weighted by atomic mass is 79.9. The molecular formula is C18H28BrN. The van der Waals surface area contributed by atoms with E-state index in [0.717, 1.165) is 12.5 Å². The average molecular weight is 338 g/mol. The number of halogens is 1. The second-order valence-corrected chi connectivity index (χ2v) is 8.19. The van der Waals surface area contributed by atoms with Crippen LogP contribution >= 0.6 is 15.9 Å². The van der Waals surface area contributed by atoms with Crippen LogP contribution in [0.5, 0.6) is 0 Å². The van der Waals surface area contributed by atoms with Gasteiger partial charge < -0.3 is 5.32 Å². The Balaban J connectivity index is 2.01. The molecule has 0 aromatic heterocycles. The molecule has 1 saturated carbocycles. The molecule has 0 heterocycles. The highest BCUT2D eigenvalue weighted by Gasteiger charge is 2.33. The van der Waals surface area contributed by atoms with Gasteiger partial charge in [-0.3, -0.25) is 0 Å². The van der Waals surface area contributed by atoms with E-state index < -0.39 is 0 Å². The molecule has 2 rings (SSSR count). The highest BCUT2D eigenvalue weighted by Crippen LogP contribution is 2.38. The van der Waals surface area contributed by atoms with Gasteiger partial charge >= 0.3 is 0 Å². The number of hydrogen-bond donors (Lipinski definition) is 1. The maximum Gasteiger partial charge on any atom is 0.0222 e. The summed E-state index contributed by atoms with van der Waals surface area (Å²) in [6, 6.07) is 7.31. The third-order valence-corrected chi connectivity index (χ3v) is 5.38. The van der Waals surface area contributed by atoms with E-state index in [1.54, 1.807) is 0 Å². The Hall–Kier alpha value is -0.340. The first-order valence-corrected chi connectivity index (χ1v) is 8.65. The summed E-state index contributed by atoms with van der Waals surface area (Å²) in [5, 5.41) is 3.82. The molecule has 1 nitrogen and oxygen atoms in total. The lowest BCUT2D eigenvalue weighted by molar-refractivity contribution is 0.130. The van der Waals surface area contributed by atoms with E-state index in [4.69, 9.17) is 0 Å². The molecule has 20 heavy (non-hydrogen) atoms. The molecule has 1 aromatic carbocycles. The largest absolute Gasteiger partial charge is 0.310 e. The molecular weight excluding hydrogens is 310 g/mol. The van der Waals surface area contributed by atoms with Gasteiger partial charge in [0.15, 0.2) is 0 Å². The van der Waals surface area contributed by atoms with Crippen LogP contribution in [-0.2, 0) is 6.54 Å². The minimum Gasteiger partial charge on any atom is -0.310 e. The van der Waals surface area contributed by atoms with Gasteiger partial charge in [0.05, 0.1) is 0 Å². The third-order valence-electron chi connectivity index (χ3n) is 4.64. The molecule has 1 N–H and O–H groups in total. The first kappa shape index (κ1) is 16.0. The molecule has 1 aliphatic rings. The van der Waals surface area contributed by atoms with Crippen molar-refractivity contribution < 1.29 is 0 Å². The summed E-state index contributed by atoms with van der Waals surface area (Å²) in [5.41, 5.74) is 3.09. The van der Waals surface area contributed by atoms with E-state index >= 15 is 0 Å². The molecule has 0 saturated heterocycles. The summed E-state index contributed by atoms with van der Waals surface area (Å²) in [6.07, 6.45) is 5.47. The van der Waals surface area contributed by atoms with Gasteiger partial charge in [0.2, 0.25) is 0 Å². The monoisotopic (exact) mass is 337 g/mol. The molecule has 112 valence electrons. The number of aryl methyl sites for hydroxylation is 1. The Bertz CT molecular complexity index is 447. The minimum atomic E-state index is 0.405. The van der Waals surface area contributed by atoms with Gasteiger partial charge in [-0.05, 0) is 48.3 Å². The van der Waals surface area contributed by atoms with Crippen molar-refractivity contribution in [3.8, 4) is 0 Å². The van der Waals surface area contributed by atoms with Crippen molar-refractivity contribution in [2.45, 2.75) is 66.0 Å². The summed E-state index contributed by atoms with van der Waals surface area (Å²) in [5.74, 6) is 0.792. The fraction of sp³-hybridized carbons (Fsp3) is 0.667. The molecule has 1 aliphatic carbocycles. The minimum absolute atomic E-state index is 0.405. The molecule has 0 spiro atoms. The van der Waals surface area contributed by atoms with Gasteiger partial charge in [-0.25, -0.2) is 0 Å².